The standard InChI is InChI=1S/C16H25N3O3S.ClH/c1-17-11-12-19(2)16(20)10-5-13-3-8-15(9-4-13)23(21,22)18-14-6-7-14;/h3-4,8-9,14,17-18H,5-7,10-12H2,1-2H3;1H. The summed E-state index contributed by atoms with van der Waals surface area (Å²) in [5, 5.41) is 3.01. The van der Waals surface area contributed by atoms with Crippen molar-refractivity contribution in [3.05, 3.63) is 29.8 Å². The largest absolute Gasteiger partial charge is 0.344 e. The molecule has 0 unspecified atom stereocenters. The number of amides is 1. The van der Waals surface area contributed by atoms with Crippen LogP contribution in [0.4, 0.5) is 0 Å². The number of benzene rings is 1. The molecule has 1 fully saturated rings. The van der Waals surface area contributed by atoms with Gasteiger partial charge in [0.25, 0.3) is 0 Å². The smallest absolute Gasteiger partial charge is 0.240 e. The van der Waals surface area contributed by atoms with E-state index in [4.69, 9.17) is 0 Å². The van der Waals surface area contributed by atoms with Crippen LogP contribution in [0.3, 0.4) is 0 Å². The van der Waals surface area contributed by atoms with Crippen LogP contribution in [0.5, 0.6) is 0 Å². The number of halogens is 1. The van der Waals surface area contributed by atoms with Crippen molar-refractivity contribution in [2.45, 2.75) is 36.6 Å². The number of carbonyl (C=O) groups is 1. The minimum Gasteiger partial charge on any atom is -0.344 e. The summed E-state index contributed by atoms with van der Waals surface area (Å²) in [5.74, 6) is 0.0901. The van der Waals surface area contributed by atoms with Crippen LogP contribution in [0.1, 0.15) is 24.8 Å². The maximum atomic E-state index is 12.1. The molecule has 1 amide bonds. The lowest BCUT2D eigenvalue weighted by molar-refractivity contribution is -0.129. The highest BCUT2D eigenvalue weighted by molar-refractivity contribution is 7.89. The van der Waals surface area contributed by atoms with Crippen molar-refractivity contribution in [1.82, 2.24) is 14.9 Å². The van der Waals surface area contributed by atoms with Gasteiger partial charge in [-0.05, 0) is 44.0 Å². The van der Waals surface area contributed by atoms with Crippen LogP contribution < -0.4 is 10.0 Å². The molecule has 0 aliphatic heterocycles. The van der Waals surface area contributed by atoms with Crippen LogP contribution in [-0.4, -0.2) is 52.5 Å². The SMILES string of the molecule is CNCCN(C)C(=O)CCc1ccc(S(=O)(=O)NC2CC2)cc1.Cl. The maximum Gasteiger partial charge on any atom is 0.240 e. The molecular weight excluding hydrogens is 350 g/mol. The zero-order chi connectivity index (χ0) is 16.9. The highest BCUT2D eigenvalue weighted by Gasteiger charge is 2.27. The first-order valence-electron chi connectivity index (χ1n) is 7.92. The lowest BCUT2D eigenvalue weighted by Crippen LogP contribution is -2.32. The number of sulfonamides is 1. The van der Waals surface area contributed by atoms with Gasteiger partial charge in [-0.1, -0.05) is 12.1 Å². The van der Waals surface area contributed by atoms with E-state index in [0.29, 0.717) is 19.4 Å². The number of nitrogens with zero attached hydrogens (tertiary/aromatic N) is 1. The number of hydrogen-bond donors (Lipinski definition) is 2. The van der Waals surface area contributed by atoms with Gasteiger partial charge in [0, 0.05) is 32.6 Å². The van der Waals surface area contributed by atoms with Gasteiger partial charge in [0.1, 0.15) is 0 Å². The van der Waals surface area contributed by atoms with E-state index in [2.05, 4.69) is 10.0 Å². The molecule has 0 saturated heterocycles. The van der Waals surface area contributed by atoms with Gasteiger partial charge in [-0.25, -0.2) is 13.1 Å². The Kier molecular flexibility index (Phi) is 8.15. The highest BCUT2D eigenvalue weighted by atomic mass is 35.5. The van der Waals surface area contributed by atoms with E-state index in [-0.39, 0.29) is 29.3 Å². The second-order valence-corrected chi connectivity index (χ2v) is 7.67. The molecule has 0 radical (unpaired) electrons. The number of carbonyl (C=O) groups excluding carboxylic acids is 1. The third-order valence-corrected chi connectivity index (χ3v) is 5.42. The fourth-order valence-electron chi connectivity index (χ4n) is 2.17. The van der Waals surface area contributed by atoms with E-state index in [1.807, 2.05) is 7.05 Å². The summed E-state index contributed by atoms with van der Waals surface area (Å²) >= 11 is 0. The molecule has 6 nitrogen and oxygen atoms in total. The molecule has 2 N–H and O–H groups in total. The monoisotopic (exact) mass is 375 g/mol. The first-order valence-corrected chi connectivity index (χ1v) is 9.40. The Morgan fingerprint density at radius 3 is 2.42 bits per heavy atom. The lowest BCUT2D eigenvalue weighted by Gasteiger charge is -2.16. The predicted octanol–water partition coefficient (Wildman–Crippen LogP) is 1.16. The molecule has 1 aliphatic carbocycles. The first-order chi connectivity index (χ1) is 10.9. The van der Waals surface area contributed by atoms with Crippen molar-refractivity contribution in [2.24, 2.45) is 0 Å². The van der Waals surface area contributed by atoms with E-state index in [0.717, 1.165) is 24.9 Å². The Morgan fingerprint density at radius 1 is 1.25 bits per heavy atom. The number of likely N-dealkylation sites (N-methyl/N-ethyl adjacent to an activating group) is 2. The minimum atomic E-state index is -3.40. The van der Waals surface area contributed by atoms with Crippen molar-refractivity contribution >= 4 is 28.3 Å². The average Bonchev–Trinajstić information content (AvgIpc) is 3.33. The topological polar surface area (TPSA) is 78.5 Å². The van der Waals surface area contributed by atoms with Crippen molar-refractivity contribution in [2.75, 3.05) is 27.2 Å². The zero-order valence-electron chi connectivity index (χ0n) is 14.1. The Balaban J connectivity index is 0.00000288. The molecule has 1 aliphatic rings. The fraction of sp³-hybridized carbons (Fsp3) is 0.562. The van der Waals surface area contributed by atoms with Gasteiger partial charge in [-0.15, -0.1) is 12.4 Å². The van der Waals surface area contributed by atoms with Gasteiger partial charge in [-0.2, -0.15) is 0 Å². The number of rotatable bonds is 9. The van der Waals surface area contributed by atoms with Gasteiger partial charge < -0.3 is 10.2 Å². The number of nitrogens with one attached hydrogen (secondary N) is 2. The van der Waals surface area contributed by atoms with Gasteiger partial charge in [0.15, 0.2) is 0 Å². The fourth-order valence-corrected chi connectivity index (χ4v) is 3.48. The van der Waals surface area contributed by atoms with E-state index in [9.17, 15) is 13.2 Å². The van der Waals surface area contributed by atoms with Gasteiger partial charge in [0.05, 0.1) is 4.90 Å². The molecule has 8 heteroatoms. The molecule has 1 saturated carbocycles. The predicted molar refractivity (Wildman–Crippen MR) is 96.9 cm³/mol. The van der Waals surface area contributed by atoms with E-state index in [1.165, 1.54) is 0 Å². The normalized spacial score (nSPS) is 14.1. The van der Waals surface area contributed by atoms with Crippen LogP contribution in [0.15, 0.2) is 29.2 Å². The third-order valence-electron chi connectivity index (χ3n) is 3.88. The van der Waals surface area contributed by atoms with Crippen molar-refractivity contribution in [3.63, 3.8) is 0 Å². The second kappa shape index (κ2) is 9.36. The average molecular weight is 376 g/mol. The summed E-state index contributed by atoms with van der Waals surface area (Å²) in [4.78, 5) is 14.0. The molecule has 0 bridgehead atoms. The van der Waals surface area contributed by atoms with E-state index < -0.39 is 10.0 Å². The van der Waals surface area contributed by atoms with Gasteiger partial charge >= 0.3 is 0 Å². The molecule has 0 heterocycles. The quantitative estimate of drug-likeness (QED) is 0.679. The minimum absolute atomic E-state index is 0. The summed E-state index contributed by atoms with van der Waals surface area (Å²) in [6.45, 7) is 1.45. The molecular formula is C16H26ClN3O3S. The first kappa shape index (κ1) is 20.9. The molecule has 0 aromatic heterocycles. The van der Waals surface area contributed by atoms with Crippen molar-refractivity contribution in [1.29, 1.82) is 0 Å². The summed E-state index contributed by atoms with van der Waals surface area (Å²) < 4.78 is 26.8. The van der Waals surface area contributed by atoms with Gasteiger partial charge in [-0.3, -0.25) is 4.79 Å². The molecule has 1 aromatic rings. The molecule has 1 aromatic carbocycles. The van der Waals surface area contributed by atoms with Crippen LogP contribution in [0.25, 0.3) is 0 Å². The Labute approximate surface area is 150 Å². The zero-order valence-corrected chi connectivity index (χ0v) is 15.8. The highest BCUT2D eigenvalue weighted by Crippen LogP contribution is 2.22. The molecule has 2 rings (SSSR count). The van der Waals surface area contributed by atoms with E-state index in [1.54, 1.807) is 36.2 Å². The van der Waals surface area contributed by atoms with Crippen LogP contribution in [0, 0.1) is 0 Å². The van der Waals surface area contributed by atoms with Crippen LogP contribution in [0.2, 0.25) is 0 Å². The summed E-state index contributed by atoms with van der Waals surface area (Å²) in [5.41, 5.74) is 0.964. The molecule has 0 atom stereocenters. The summed E-state index contributed by atoms with van der Waals surface area (Å²) in [7, 11) is 0.243. The Morgan fingerprint density at radius 2 is 1.88 bits per heavy atom. The lowest BCUT2D eigenvalue weighted by atomic mass is 10.1. The third kappa shape index (κ3) is 6.39. The number of hydrogen-bond acceptors (Lipinski definition) is 4. The van der Waals surface area contributed by atoms with E-state index >= 15 is 0 Å². The number of aryl methyl sites for hydroxylation is 1. The van der Waals surface area contributed by atoms with Crippen LogP contribution >= 0.6 is 12.4 Å². The van der Waals surface area contributed by atoms with Crippen molar-refractivity contribution in [3.8, 4) is 0 Å². The molecule has 136 valence electrons. The summed E-state index contributed by atoms with van der Waals surface area (Å²) in [6.07, 6.45) is 2.87. The molecule has 24 heavy (non-hydrogen) atoms. The second-order valence-electron chi connectivity index (χ2n) is 5.96. The summed E-state index contributed by atoms with van der Waals surface area (Å²) in [6, 6.07) is 6.88. The Hall–Kier alpha value is -1.15. The Bertz CT molecular complexity index is 630. The maximum absolute atomic E-state index is 12.1. The molecule has 0 spiro atoms. The van der Waals surface area contributed by atoms with Crippen LogP contribution in [-0.2, 0) is 21.2 Å². The van der Waals surface area contributed by atoms with Crippen molar-refractivity contribution < 1.29 is 13.2 Å². The van der Waals surface area contributed by atoms with Gasteiger partial charge in [0.2, 0.25) is 15.9 Å².